The molecule has 45 heavy (non-hydrogen) atoms. The molecule has 2 heterocycles. The van der Waals surface area contributed by atoms with Crippen LogP contribution in [0.5, 0.6) is 5.75 Å². The van der Waals surface area contributed by atoms with Gasteiger partial charge < -0.3 is 25.0 Å². The van der Waals surface area contributed by atoms with E-state index in [-0.39, 0.29) is 24.1 Å². The minimum atomic E-state index is -0.566. The van der Waals surface area contributed by atoms with E-state index in [4.69, 9.17) is 26.8 Å². The molecule has 0 saturated heterocycles. The third-order valence-corrected chi connectivity index (χ3v) is 10.0. The molecular formula is C35H41ClN4O4S. The van der Waals surface area contributed by atoms with Crippen molar-refractivity contribution in [3.05, 3.63) is 75.8 Å². The van der Waals surface area contributed by atoms with Gasteiger partial charge in [0, 0.05) is 53.1 Å². The molecule has 1 fully saturated rings. The van der Waals surface area contributed by atoms with Gasteiger partial charge >= 0.3 is 6.09 Å². The van der Waals surface area contributed by atoms with Crippen LogP contribution in [0.4, 0.5) is 10.6 Å². The van der Waals surface area contributed by atoms with E-state index >= 15 is 0 Å². The first-order valence-corrected chi connectivity index (χ1v) is 16.4. The number of nitrogen functional groups attached to an aromatic ring is 1. The maximum absolute atomic E-state index is 14.5. The molecule has 4 aromatic rings. The van der Waals surface area contributed by atoms with E-state index in [1.807, 2.05) is 75.1 Å². The number of nitrogens with zero attached hydrogens (tertiary/aromatic N) is 3. The van der Waals surface area contributed by atoms with Crippen LogP contribution in [0.2, 0.25) is 5.02 Å². The third-order valence-electron chi connectivity index (χ3n) is 8.40. The Morgan fingerprint density at radius 1 is 1.04 bits per heavy atom. The van der Waals surface area contributed by atoms with Crippen LogP contribution in [0.1, 0.15) is 67.3 Å². The Kier molecular flexibility index (Phi) is 9.60. The van der Waals surface area contributed by atoms with E-state index in [2.05, 4.69) is 4.98 Å². The number of carbonyl (C=O) groups excluding carboxylic acids is 2. The highest BCUT2D eigenvalue weighted by molar-refractivity contribution is 7.21. The second-order valence-electron chi connectivity index (χ2n) is 12.7. The second kappa shape index (κ2) is 13.3. The first-order valence-electron chi connectivity index (χ1n) is 15.2. The van der Waals surface area contributed by atoms with E-state index in [1.54, 1.807) is 31.3 Å². The molecule has 2 aromatic carbocycles. The maximum Gasteiger partial charge on any atom is 0.410 e. The summed E-state index contributed by atoms with van der Waals surface area (Å²) in [6.45, 7) is 7.95. The van der Waals surface area contributed by atoms with E-state index in [1.165, 1.54) is 11.3 Å². The molecule has 0 bridgehead atoms. The molecule has 5 rings (SSSR count). The van der Waals surface area contributed by atoms with E-state index in [0.29, 0.717) is 28.0 Å². The summed E-state index contributed by atoms with van der Waals surface area (Å²) in [5.41, 5.74) is 9.04. The normalized spacial score (nSPS) is 16.8. The lowest BCUT2D eigenvalue weighted by molar-refractivity contribution is 0.0144. The molecule has 0 radical (unpaired) electrons. The van der Waals surface area contributed by atoms with Crippen LogP contribution in [0.25, 0.3) is 21.2 Å². The number of amides is 2. The van der Waals surface area contributed by atoms with Crippen molar-refractivity contribution in [1.29, 1.82) is 0 Å². The minimum absolute atomic E-state index is 0.0273. The zero-order valence-electron chi connectivity index (χ0n) is 26.7. The van der Waals surface area contributed by atoms with Gasteiger partial charge in [-0.3, -0.25) is 4.79 Å². The van der Waals surface area contributed by atoms with Crippen molar-refractivity contribution < 1.29 is 19.1 Å². The lowest BCUT2D eigenvalue weighted by Gasteiger charge is -2.40. The topological polar surface area (TPSA) is 98.0 Å². The standard InChI is InChI=1S/C35H41ClN4O4S/c1-21-8-7-9-28-30(21)31(36)32(45-28)33(41)40(26-14-12-25(13-15-26)39(5)34(42)44-35(2,3)4)20-24-18-22(10-16-27(24)43-6)23-11-17-29(37)38-19-23/h7-11,16-19,25-26H,12-15,20H2,1-6H3,(H2,37,38)/t25-,26-. The Morgan fingerprint density at radius 2 is 1.73 bits per heavy atom. The van der Waals surface area contributed by atoms with Gasteiger partial charge in [0.1, 0.15) is 22.0 Å². The lowest BCUT2D eigenvalue weighted by Crippen LogP contribution is -2.47. The third kappa shape index (κ3) is 7.20. The predicted octanol–water partition coefficient (Wildman–Crippen LogP) is 8.34. The molecule has 8 nitrogen and oxygen atoms in total. The molecule has 2 aromatic heterocycles. The SMILES string of the molecule is COc1ccc(-c2ccc(N)nc2)cc1CN(C(=O)c1sc2cccc(C)c2c1Cl)[C@H]1CC[C@H](N(C)C(=O)OC(C)(C)C)CC1. The lowest BCUT2D eigenvalue weighted by atomic mass is 9.89. The number of thiophene rings is 1. The number of hydrogen-bond acceptors (Lipinski definition) is 7. The van der Waals surface area contributed by atoms with Gasteiger partial charge in [-0.05, 0) is 94.8 Å². The molecule has 0 unspecified atom stereocenters. The van der Waals surface area contributed by atoms with Crippen LogP contribution >= 0.6 is 22.9 Å². The van der Waals surface area contributed by atoms with E-state index < -0.39 is 5.60 Å². The summed E-state index contributed by atoms with van der Waals surface area (Å²) in [6.07, 6.45) is 4.37. The van der Waals surface area contributed by atoms with Crippen molar-refractivity contribution in [1.82, 2.24) is 14.8 Å². The van der Waals surface area contributed by atoms with Crippen molar-refractivity contribution in [2.75, 3.05) is 19.9 Å². The number of ether oxygens (including phenoxy) is 2. The van der Waals surface area contributed by atoms with Crippen molar-refractivity contribution >= 4 is 50.8 Å². The Labute approximate surface area is 274 Å². The fourth-order valence-electron chi connectivity index (χ4n) is 5.99. The van der Waals surface area contributed by atoms with Crippen LogP contribution in [0, 0.1) is 6.92 Å². The molecule has 0 aliphatic heterocycles. The van der Waals surface area contributed by atoms with Gasteiger partial charge in [0.2, 0.25) is 0 Å². The highest BCUT2D eigenvalue weighted by atomic mass is 35.5. The van der Waals surface area contributed by atoms with Crippen molar-refractivity contribution in [3.63, 3.8) is 0 Å². The number of pyridine rings is 1. The molecule has 1 aliphatic carbocycles. The number of aryl methyl sites for hydroxylation is 1. The fraction of sp³-hybridized carbons (Fsp3) is 0.400. The van der Waals surface area contributed by atoms with Gasteiger partial charge in [-0.15, -0.1) is 11.3 Å². The number of carbonyl (C=O) groups is 2. The largest absolute Gasteiger partial charge is 0.496 e. The molecule has 0 spiro atoms. The molecule has 0 atom stereocenters. The molecule has 238 valence electrons. The van der Waals surface area contributed by atoms with Crippen molar-refractivity contribution in [2.45, 2.75) is 77.6 Å². The monoisotopic (exact) mass is 648 g/mol. The predicted molar refractivity (Wildman–Crippen MR) is 182 cm³/mol. The Balaban J connectivity index is 1.47. The molecular weight excluding hydrogens is 608 g/mol. The van der Waals surface area contributed by atoms with Crippen molar-refractivity contribution in [2.24, 2.45) is 0 Å². The van der Waals surface area contributed by atoms with E-state index in [9.17, 15) is 9.59 Å². The highest BCUT2D eigenvalue weighted by Crippen LogP contribution is 2.40. The number of benzene rings is 2. The Morgan fingerprint density at radius 3 is 2.36 bits per heavy atom. The quantitative estimate of drug-likeness (QED) is 0.216. The number of halogens is 1. The Bertz CT molecular complexity index is 1690. The summed E-state index contributed by atoms with van der Waals surface area (Å²) in [5.74, 6) is 1.04. The summed E-state index contributed by atoms with van der Waals surface area (Å²) < 4.78 is 12.4. The number of hydrogen-bond donors (Lipinski definition) is 1. The van der Waals surface area contributed by atoms with Gasteiger partial charge in [0.25, 0.3) is 5.91 Å². The van der Waals surface area contributed by atoms with Crippen LogP contribution in [0.15, 0.2) is 54.7 Å². The van der Waals surface area contributed by atoms with Crippen LogP contribution in [-0.4, -0.2) is 58.6 Å². The molecule has 2 amide bonds. The smallest absolute Gasteiger partial charge is 0.410 e. The van der Waals surface area contributed by atoms with Gasteiger partial charge in [-0.1, -0.05) is 29.8 Å². The van der Waals surface area contributed by atoms with Gasteiger partial charge in [-0.2, -0.15) is 0 Å². The van der Waals surface area contributed by atoms with E-state index in [0.717, 1.165) is 58.0 Å². The average Bonchev–Trinajstić information content (AvgIpc) is 3.36. The number of nitrogens with two attached hydrogens (primary N) is 1. The zero-order chi connectivity index (χ0) is 32.5. The maximum atomic E-state index is 14.5. The average molecular weight is 649 g/mol. The van der Waals surface area contributed by atoms with Crippen LogP contribution in [0.3, 0.4) is 0 Å². The fourth-order valence-corrected chi connectivity index (χ4v) is 7.62. The number of methoxy groups -OCH3 is 1. The van der Waals surface area contributed by atoms with Gasteiger partial charge in [0.05, 0.1) is 12.1 Å². The highest BCUT2D eigenvalue weighted by Gasteiger charge is 2.35. The number of anilines is 1. The Hall–Kier alpha value is -3.82. The summed E-state index contributed by atoms with van der Waals surface area (Å²) in [6, 6.07) is 15.6. The molecule has 1 aliphatic rings. The summed E-state index contributed by atoms with van der Waals surface area (Å²) in [7, 11) is 3.43. The number of rotatable bonds is 7. The number of fused-ring (bicyclic) bond motifs is 1. The molecule has 10 heteroatoms. The van der Waals surface area contributed by atoms with Gasteiger partial charge in [0.15, 0.2) is 0 Å². The summed E-state index contributed by atoms with van der Waals surface area (Å²) >= 11 is 8.37. The molecule has 1 saturated carbocycles. The molecule has 2 N–H and O–H groups in total. The van der Waals surface area contributed by atoms with Crippen molar-refractivity contribution in [3.8, 4) is 16.9 Å². The van der Waals surface area contributed by atoms with Crippen LogP contribution in [-0.2, 0) is 11.3 Å². The zero-order valence-corrected chi connectivity index (χ0v) is 28.3. The summed E-state index contributed by atoms with van der Waals surface area (Å²) in [4.78, 5) is 35.8. The minimum Gasteiger partial charge on any atom is -0.496 e. The second-order valence-corrected chi connectivity index (χ2v) is 14.1. The first kappa shape index (κ1) is 32.6. The summed E-state index contributed by atoms with van der Waals surface area (Å²) in [5, 5.41) is 1.42. The van der Waals surface area contributed by atoms with Gasteiger partial charge in [-0.25, -0.2) is 9.78 Å². The van der Waals surface area contributed by atoms with Crippen LogP contribution < -0.4 is 10.5 Å². The first-order chi connectivity index (χ1) is 21.4. The number of aromatic nitrogens is 1.